The Morgan fingerprint density at radius 3 is 2.55 bits per heavy atom. The summed E-state index contributed by atoms with van der Waals surface area (Å²) >= 11 is 0. The number of hydrogen-bond acceptors (Lipinski definition) is 7. The molecular weight excluding hydrogens is 418 g/mol. The molecule has 1 amide bonds. The van der Waals surface area contributed by atoms with E-state index < -0.39 is 0 Å². The largest absolute Gasteiger partial charge is 0.495 e. The first-order valence-electron chi connectivity index (χ1n) is 11.5. The molecule has 3 aromatic rings. The number of rotatable bonds is 3. The van der Waals surface area contributed by atoms with Gasteiger partial charge in [0.05, 0.1) is 24.4 Å². The lowest BCUT2D eigenvalue weighted by atomic mass is 9.99. The average molecular weight is 452 g/mol. The molecule has 2 aromatic heterocycles. The fraction of sp³-hybridized carbons (Fsp3) is 0.500. The molecule has 2 aliphatic rings. The van der Waals surface area contributed by atoms with Gasteiger partial charge in [0.15, 0.2) is 5.65 Å². The van der Waals surface area contributed by atoms with Crippen molar-refractivity contribution in [1.29, 1.82) is 0 Å². The molecule has 9 nitrogen and oxygen atoms in total. The number of anilines is 2. The molecule has 2 aliphatic heterocycles. The molecule has 33 heavy (non-hydrogen) atoms. The number of piperidine rings is 1. The van der Waals surface area contributed by atoms with Gasteiger partial charge in [0.25, 0.3) is 0 Å². The van der Waals surface area contributed by atoms with Gasteiger partial charge in [0.2, 0.25) is 11.9 Å². The number of hydrogen-bond donors (Lipinski definition) is 1. The van der Waals surface area contributed by atoms with Crippen LogP contribution in [0.2, 0.25) is 0 Å². The van der Waals surface area contributed by atoms with E-state index in [9.17, 15) is 4.79 Å². The van der Waals surface area contributed by atoms with Gasteiger partial charge in [0, 0.05) is 46.3 Å². The predicted octanol–water partition coefficient (Wildman–Crippen LogP) is 3.12. The number of fused-ring (bicyclic) bond motifs is 2. The molecule has 0 atom stereocenters. The molecule has 0 radical (unpaired) electrons. The monoisotopic (exact) mass is 451 g/mol. The number of amides is 1. The second-order valence-electron chi connectivity index (χ2n) is 8.74. The van der Waals surface area contributed by atoms with Gasteiger partial charge in [-0.25, -0.2) is 4.98 Å². The molecule has 9 heteroatoms. The van der Waals surface area contributed by atoms with Crippen molar-refractivity contribution < 1.29 is 9.53 Å². The minimum atomic E-state index is 0.231. The number of likely N-dealkylation sites (tertiary alicyclic amines) is 1. The molecule has 0 unspecified atom stereocenters. The van der Waals surface area contributed by atoms with E-state index >= 15 is 0 Å². The van der Waals surface area contributed by atoms with Crippen molar-refractivity contribution >= 4 is 28.6 Å². The molecule has 0 aliphatic carbocycles. The van der Waals surface area contributed by atoms with E-state index in [1.165, 1.54) is 30.4 Å². The molecule has 1 saturated heterocycles. The molecule has 5 rings (SSSR count). The summed E-state index contributed by atoms with van der Waals surface area (Å²) < 4.78 is 7.29. The molecule has 0 bridgehead atoms. The van der Waals surface area contributed by atoms with E-state index in [0.29, 0.717) is 5.95 Å². The Kier molecular flexibility index (Phi) is 7.08. The maximum absolute atomic E-state index is 10.7. The number of nitrogens with one attached hydrogen (secondary N) is 1. The van der Waals surface area contributed by atoms with Crippen LogP contribution < -0.4 is 10.1 Å². The Morgan fingerprint density at radius 2 is 1.85 bits per heavy atom. The van der Waals surface area contributed by atoms with E-state index in [2.05, 4.69) is 44.5 Å². The summed E-state index contributed by atoms with van der Waals surface area (Å²) in [5.74, 6) is 1.58. The second-order valence-corrected chi connectivity index (χ2v) is 8.74. The van der Waals surface area contributed by atoms with Crippen LogP contribution in [0.1, 0.15) is 37.3 Å². The summed E-state index contributed by atoms with van der Waals surface area (Å²) in [5.41, 5.74) is 4.34. The van der Waals surface area contributed by atoms with Crippen molar-refractivity contribution in [2.75, 3.05) is 39.1 Å². The van der Waals surface area contributed by atoms with Gasteiger partial charge in [-0.2, -0.15) is 10.1 Å². The third kappa shape index (κ3) is 5.42. The van der Waals surface area contributed by atoms with E-state index in [0.717, 1.165) is 55.1 Å². The van der Waals surface area contributed by atoms with Gasteiger partial charge in [-0.15, -0.1) is 0 Å². The summed E-state index contributed by atoms with van der Waals surface area (Å²) in [6.45, 7) is 5.62. The highest BCUT2D eigenvalue weighted by molar-refractivity contribution is 5.76. The summed E-state index contributed by atoms with van der Waals surface area (Å²) in [5, 5.41) is 8.41. The first-order valence-corrected chi connectivity index (χ1v) is 11.5. The number of methoxy groups -OCH3 is 1. The van der Waals surface area contributed by atoms with Gasteiger partial charge >= 0.3 is 0 Å². The van der Waals surface area contributed by atoms with E-state index in [1.54, 1.807) is 31.1 Å². The van der Waals surface area contributed by atoms with Crippen LogP contribution in [-0.4, -0.2) is 69.2 Å². The van der Waals surface area contributed by atoms with Crippen molar-refractivity contribution in [1.82, 2.24) is 29.5 Å². The number of aromatic nitrogens is 4. The normalized spacial score (nSPS) is 16.1. The Bertz CT molecular complexity index is 1120. The number of likely N-dealkylation sites (N-methyl/N-ethyl adjacent to an activating group) is 1. The summed E-state index contributed by atoms with van der Waals surface area (Å²) in [4.78, 5) is 23.9. The second kappa shape index (κ2) is 10.2. The van der Waals surface area contributed by atoms with Crippen LogP contribution in [0.5, 0.6) is 5.75 Å². The van der Waals surface area contributed by atoms with Gasteiger partial charge in [0.1, 0.15) is 5.75 Å². The summed E-state index contributed by atoms with van der Waals surface area (Å²) in [7, 11) is 5.70. The van der Waals surface area contributed by atoms with Crippen LogP contribution in [0.4, 0.5) is 11.6 Å². The smallest absolute Gasteiger partial charge is 0.229 e. The van der Waals surface area contributed by atoms with Crippen molar-refractivity contribution in [2.45, 2.75) is 39.2 Å². The van der Waals surface area contributed by atoms with Crippen LogP contribution >= 0.6 is 0 Å². The minimum absolute atomic E-state index is 0.231. The molecular formula is C24H33N7O2. The maximum Gasteiger partial charge on any atom is 0.229 e. The number of carbonyl (C=O) groups excluding carboxylic acids is 1. The fourth-order valence-electron chi connectivity index (χ4n) is 4.32. The predicted molar refractivity (Wildman–Crippen MR) is 129 cm³/mol. The first-order chi connectivity index (χ1) is 15.9. The molecule has 0 spiro atoms. The third-order valence-corrected chi connectivity index (χ3v) is 6.25. The highest BCUT2D eigenvalue weighted by Crippen LogP contribution is 2.33. The van der Waals surface area contributed by atoms with E-state index in [-0.39, 0.29) is 5.91 Å². The third-order valence-electron chi connectivity index (χ3n) is 6.25. The molecule has 0 saturated carbocycles. The van der Waals surface area contributed by atoms with Crippen LogP contribution in [-0.2, 0) is 24.8 Å². The number of ether oxygens (including phenoxy) is 1. The lowest BCUT2D eigenvalue weighted by Crippen LogP contribution is -2.33. The van der Waals surface area contributed by atoms with E-state index in [4.69, 9.17) is 4.74 Å². The number of benzene rings is 1. The van der Waals surface area contributed by atoms with Gasteiger partial charge in [-0.3, -0.25) is 9.48 Å². The summed E-state index contributed by atoms with van der Waals surface area (Å²) in [6, 6.07) is 4.26. The molecule has 4 heterocycles. The standard InChI is InChI=1S/C17H20N6O.C7H13NO/c1-22-5-4-11-7-15(24-3)14(6-12(11)10-22)20-17-18-8-13-9-19-23(2)16(13)21-17;1-7(9)8-5-3-2-4-6-8/h6-9H,4-5,10H2,1-3H3,(H,18,20,21);2-6H2,1H3. The highest BCUT2D eigenvalue weighted by Gasteiger charge is 2.17. The van der Waals surface area contributed by atoms with Gasteiger partial charge < -0.3 is 19.9 Å². The topological polar surface area (TPSA) is 88.4 Å². The van der Waals surface area contributed by atoms with Gasteiger partial charge in [-0.1, -0.05) is 0 Å². The van der Waals surface area contributed by atoms with Crippen LogP contribution in [0.15, 0.2) is 24.5 Å². The van der Waals surface area contributed by atoms with E-state index in [1.807, 2.05) is 11.9 Å². The SMILES string of the molecule is CC(=O)N1CCCCC1.COc1cc2c(cc1Nc1ncc3cnn(C)c3n1)CN(C)CC2. The number of aryl methyl sites for hydroxylation is 1. The summed E-state index contributed by atoms with van der Waals surface area (Å²) in [6.07, 6.45) is 8.26. The first kappa shape index (κ1) is 23.0. The molecule has 1 N–H and O–H groups in total. The highest BCUT2D eigenvalue weighted by atomic mass is 16.5. The lowest BCUT2D eigenvalue weighted by molar-refractivity contribution is -0.129. The van der Waals surface area contributed by atoms with Crippen molar-refractivity contribution in [3.63, 3.8) is 0 Å². The average Bonchev–Trinajstić information content (AvgIpc) is 3.19. The molecule has 1 aromatic carbocycles. The van der Waals surface area contributed by atoms with Crippen LogP contribution in [0.25, 0.3) is 11.0 Å². The van der Waals surface area contributed by atoms with Crippen LogP contribution in [0, 0.1) is 0 Å². The zero-order valence-corrected chi connectivity index (χ0v) is 20.0. The van der Waals surface area contributed by atoms with Gasteiger partial charge in [-0.05, 0) is 56.0 Å². The van der Waals surface area contributed by atoms with Crippen molar-refractivity contribution in [3.05, 3.63) is 35.7 Å². The number of carbonyl (C=O) groups is 1. The lowest BCUT2D eigenvalue weighted by Gasteiger charge is -2.26. The maximum atomic E-state index is 10.7. The quantitative estimate of drug-likeness (QED) is 0.654. The Labute approximate surface area is 194 Å². The zero-order chi connectivity index (χ0) is 23.4. The molecule has 176 valence electrons. The Hall–Kier alpha value is -3.20. The molecule has 1 fully saturated rings. The van der Waals surface area contributed by atoms with Crippen LogP contribution in [0.3, 0.4) is 0 Å². The Morgan fingerprint density at radius 1 is 1.06 bits per heavy atom. The zero-order valence-electron chi connectivity index (χ0n) is 20.0. The Balaban J connectivity index is 0.000000243. The minimum Gasteiger partial charge on any atom is -0.495 e. The van der Waals surface area contributed by atoms with Crippen molar-refractivity contribution in [2.24, 2.45) is 7.05 Å². The fourth-order valence-corrected chi connectivity index (χ4v) is 4.32. The van der Waals surface area contributed by atoms with Crippen molar-refractivity contribution in [3.8, 4) is 5.75 Å². The number of nitrogens with zero attached hydrogens (tertiary/aromatic N) is 6.